The first-order chi connectivity index (χ1) is 13.2. The van der Waals surface area contributed by atoms with Gasteiger partial charge in [-0.15, -0.1) is 0 Å². The molecular formula is C23H25NO3. The molecule has 2 aliphatic carbocycles. The molecule has 1 saturated carbocycles. The fourth-order valence-corrected chi connectivity index (χ4v) is 5.42. The van der Waals surface area contributed by atoms with Crippen molar-refractivity contribution in [3.05, 3.63) is 59.7 Å². The molecule has 1 saturated heterocycles. The van der Waals surface area contributed by atoms with E-state index in [-0.39, 0.29) is 30.1 Å². The van der Waals surface area contributed by atoms with Crippen LogP contribution in [0.1, 0.15) is 42.7 Å². The van der Waals surface area contributed by atoms with Gasteiger partial charge in [0.1, 0.15) is 6.61 Å². The quantitative estimate of drug-likeness (QED) is 0.890. The molecular weight excluding hydrogens is 338 g/mol. The SMILES string of the molecule is O=C(OCC1c2ccccc2-c2ccccc21)N1CCC(CO)C12CCC2. The van der Waals surface area contributed by atoms with Crippen LogP contribution in [0.15, 0.2) is 48.5 Å². The van der Waals surface area contributed by atoms with Gasteiger partial charge in [-0.05, 0) is 47.9 Å². The number of benzene rings is 2. The van der Waals surface area contributed by atoms with Crippen LogP contribution in [0.2, 0.25) is 0 Å². The molecule has 1 atom stereocenters. The Kier molecular flexibility index (Phi) is 3.97. The molecule has 1 unspecified atom stereocenters. The van der Waals surface area contributed by atoms with Crippen molar-refractivity contribution in [2.45, 2.75) is 37.1 Å². The summed E-state index contributed by atoms with van der Waals surface area (Å²) in [4.78, 5) is 14.8. The zero-order valence-corrected chi connectivity index (χ0v) is 15.4. The minimum atomic E-state index is -0.215. The fourth-order valence-electron chi connectivity index (χ4n) is 5.42. The molecule has 5 rings (SSSR count). The summed E-state index contributed by atoms with van der Waals surface area (Å²) in [5, 5.41) is 9.71. The van der Waals surface area contributed by atoms with Crippen LogP contribution in [0.25, 0.3) is 11.1 Å². The monoisotopic (exact) mass is 363 g/mol. The third kappa shape index (κ3) is 2.43. The summed E-state index contributed by atoms with van der Waals surface area (Å²) in [5.74, 6) is 0.293. The van der Waals surface area contributed by atoms with Crippen molar-refractivity contribution in [1.82, 2.24) is 4.90 Å². The zero-order chi connectivity index (χ0) is 18.4. The second kappa shape index (κ2) is 6.38. The van der Waals surface area contributed by atoms with Crippen molar-refractivity contribution in [1.29, 1.82) is 0 Å². The van der Waals surface area contributed by atoms with Crippen LogP contribution in [0.3, 0.4) is 0 Å². The summed E-state index contributed by atoms with van der Waals surface area (Å²) in [5.41, 5.74) is 4.80. The molecule has 0 bridgehead atoms. The number of nitrogens with zero attached hydrogens (tertiary/aromatic N) is 1. The maximum Gasteiger partial charge on any atom is 0.410 e. The van der Waals surface area contributed by atoms with Crippen molar-refractivity contribution in [2.24, 2.45) is 5.92 Å². The summed E-state index contributed by atoms with van der Waals surface area (Å²) < 4.78 is 5.85. The number of aliphatic hydroxyl groups excluding tert-OH is 1. The fraction of sp³-hybridized carbons (Fsp3) is 0.435. The van der Waals surface area contributed by atoms with Gasteiger partial charge in [0.2, 0.25) is 0 Å². The molecule has 1 amide bonds. The Morgan fingerprint density at radius 1 is 1.07 bits per heavy atom. The van der Waals surface area contributed by atoms with Gasteiger partial charge in [-0.2, -0.15) is 0 Å². The zero-order valence-electron chi connectivity index (χ0n) is 15.4. The Morgan fingerprint density at radius 2 is 1.70 bits per heavy atom. The first-order valence-corrected chi connectivity index (χ1v) is 9.98. The highest BCUT2D eigenvalue weighted by atomic mass is 16.6. The van der Waals surface area contributed by atoms with Crippen molar-refractivity contribution in [2.75, 3.05) is 19.8 Å². The average Bonchev–Trinajstić information content (AvgIpc) is 3.22. The highest BCUT2D eigenvalue weighted by Gasteiger charge is 2.54. The maximum atomic E-state index is 12.9. The topological polar surface area (TPSA) is 49.8 Å². The summed E-state index contributed by atoms with van der Waals surface area (Å²) in [7, 11) is 0. The molecule has 4 heteroatoms. The lowest BCUT2D eigenvalue weighted by atomic mass is 9.69. The van der Waals surface area contributed by atoms with Gasteiger partial charge in [0.25, 0.3) is 0 Å². The number of hydrogen-bond donors (Lipinski definition) is 1. The Bertz CT molecular complexity index is 828. The number of carbonyl (C=O) groups excluding carboxylic acids is 1. The number of aliphatic hydroxyl groups is 1. The Balaban J connectivity index is 1.36. The van der Waals surface area contributed by atoms with E-state index in [9.17, 15) is 9.90 Å². The van der Waals surface area contributed by atoms with E-state index >= 15 is 0 Å². The van der Waals surface area contributed by atoms with Crippen LogP contribution in [-0.4, -0.2) is 41.4 Å². The van der Waals surface area contributed by atoms with E-state index in [1.807, 2.05) is 4.90 Å². The van der Waals surface area contributed by atoms with E-state index in [0.717, 1.165) is 25.7 Å². The Morgan fingerprint density at radius 3 is 2.26 bits per heavy atom. The number of hydrogen-bond acceptors (Lipinski definition) is 3. The molecule has 2 aromatic rings. The second-order valence-corrected chi connectivity index (χ2v) is 8.08. The van der Waals surface area contributed by atoms with Crippen LogP contribution in [0.4, 0.5) is 4.79 Å². The lowest BCUT2D eigenvalue weighted by molar-refractivity contribution is -0.00222. The summed E-state index contributed by atoms with van der Waals surface area (Å²) in [6, 6.07) is 16.8. The summed E-state index contributed by atoms with van der Waals surface area (Å²) in [6.07, 6.45) is 3.77. The highest BCUT2D eigenvalue weighted by molar-refractivity contribution is 5.79. The lowest BCUT2D eigenvalue weighted by Crippen LogP contribution is -2.56. The van der Waals surface area contributed by atoms with Gasteiger partial charge in [-0.1, -0.05) is 48.5 Å². The molecule has 0 aromatic heterocycles. The van der Waals surface area contributed by atoms with E-state index in [2.05, 4.69) is 48.5 Å². The molecule has 140 valence electrons. The number of amides is 1. The molecule has 1 N–H and O–H groups in total. The predicted molar refractivity (Wildman–Crippen MR) is 104 cm³/mol. The molecule has 0 radical (unpaired) electrons. The van der Waals surface area contributed by atoms with E-state index < -0.39 is 0 Å². The molecule has 1 aliphatic heterocycles. The summed E-state index contributed by atoms with van der Waals surface area (Å²) >= 11 is 0. The Labute approximate surface area is 159 Å². The van der Waals surface area contributed by atoms with Crippen molar-refractivity contribution < 1.29 is 14.6 Å². The van der Waals surface area contributed by atoms with Crippen LogP contribution >= 0.6 is 0 Å². The normalized spacial score (nSPS) is 22.4. The van der Waals surface area contributed by atoms with Gasteiger partial charge in [0, 0.05) is 25.0 Å². The standard InChI is InChI=1S/C23H25NO3/c25-14-16-10-13-24(23(16)11-5-12-23)22(26)27-15-21-19-8-3-1-6-17(19)18-7-2-4-9-20(18)21/h1-4,6-9,16,21,25H,5,10-15H2. The minimum Gasteiger partial charge on any atom is -0.448 e. The third-order valence-electron chi connectivity index (χ3n) is 6.99. The molecule has 27 heavy (non-hydrogen) atoms. The Hall–Kier alpha value is -2.33. The summed E-state index contributed by atoms with van der Waals surface area (Å²) in [6.45, 7) is 1.22. The van der Waals surface area contributed by atoms with Crippen molar-refractivity contribution in [3.8, 4) is 11.1 Å². The first kappa shape index (κ1) is 16.8. The predicted octanol–water partition coefficient (Wildman–Crippen LogP) is 4.17. The molecule has 1 heterocycles. The van der Waals surface area contributed by atoms with Gasteiger partial charge >= 0.3 is 6.09 Å². The number of fused-ring (bicyclic) bond motifs is 3. The van der Waals surface area contributed by atoms with E-state index in [1.165, 1.54) is 22.3 Å². The first-order valence-electron chi connectivity index (χ1n) is 9.98. The second-order valence-electron chi connectivity index (χ2n) is 8.08. The van der Waals surface area contributed by atoms with E-state index in [1.54, 1.807) is 0 Å². The largest absolute Gasteiger partial charge is 0.448 e. The van der Waals surface area contributed by atoms with Gasteiger partial charge in [-0.25, -0.2) is 4.79 Å². The highest BCUT2D eigenvalue weighted by Crippen LogP contribution is 2.50. The van der Waals surface area contributed by atoms with Gasteiger partial charge in [0.15, 0.2) is 0 Å². The van der Waals surface area contributed by atoms with Gasteiger partial charge < -0.3 is 14.7 Å². The van der Waals surface area contributed by atoms with Crippen LogP contribution < -0.4 is 0 Å². The number of rotatable bonds is 3. The van der Waals surface area contributed by atoms with E-state index in [0.29, 0.717) is 13.2 Å². The lowest BCUT2D eigenvalue weighted by Gasteiger charge is -2.48. The molecule has 4 nitrogen and oxygen atoms in total. The average molecular weight is 363 g/mol. The maximum absolute atomic E-state index is 12.9. The van der Waals surface area contributed by atoms with E-state index in [4.69, 9.17) is 4.74 Å². The number of ether oxygens (including phenoxy) is 1. The minimum absolute atomic E-state index is 0.0925. The van der Waals surface area contributed by atoms with Gasteiger partial charge in [0.05, 0.1) is 5.54 Å². The molecule has 2 fully saturated rings. The molecule has 1 spiro atoms. The number of likely N-dealkylation sites (tertiary alicyclic amines) is 1. The van der Waals surface area contributed by atoms with Crippen molar-refractivity contribution in [3.63, 3.8) is 0 Å². The smallest absolute Gasteiger partial charge is 0.410 e. The van der Waals surface area contributed by atoms with Crippen LogP contribution in [0, 0.1) is 5.92 Å². The van der Waals surface area contributed by atoms with Crippen LogP contribution in [-0.2, 0) is 4.74 Å². The third-order valence-corrected chi connectivity index (χ3v) is 6.99. The molecule has 2 aromatic carbocycles. The van der Waals surface area contributed by atoms with Crippen LogP contribution in [0.5, 0.6) is 0 Å². The van der Waals surface area contributed by atoms with Gasteiger partial charge in [-0.3, -0.25) is 0 Å². The molecule has 3 aliphatic rings. The number of carbonyl (C=O) groups is 1. The van der Waals surface area contributed by atoms with Crippen molar-refractivity contribution >= 4 is 6.09 Å².